The molecule has 14 heavy (non-hydrogen) atoms. The smallest absolute Gasteiger partial charge is 0.231 e. The lowest BCUT2D eigenvalue weighted by Crippen LogP contribution is -1.97. The van der Waals surface area contributed by atoms with Crippen molar-refractivity contribution < 1.29 is 19.0 Å². The number of hydrogen-bond donors (Lipinski definition) is 1. The van der Waals surface area contributed by atoms with Crippen molar-refractivity contribution >= 4 is 0 Å². The zero-order chi connectivity index (χ0) is 10.1. The fraction of sp³-hybridized carbons (Fsp3) is 0.400. The quantitative estimate of drug-likeness (QED) is 0.789. The third-order valence-electron chi connectivity index (χ3n) is 2.17. The highest BCUT2D eigenvalue weighted by Crippen LogP contribution is 2.39. The molecule has 2 rings (SSSR count). The molecular formula is C10H11FO3. The van der Waals surface area contributed by atoms with Gasteiger partial charge in [-0.3, -0.25) is 0 Å². The Morgan fingerprint density at radius 2 is 2.29 bits per heavy atom. The summed E-state index contributed by atoms with van der Waals surface area (Å²) in [6.07, 6.45) is -0.683. The highest BCUT2D eigenvalue weighted by molar-refractivity contribution is 5.51. The van der Waals surface area contributed by atoms with E-state index in [1.54, 1.807) is 19.1 Å². The van der Waals surface area contributed by atoms with E-state index in [2.05, 4.69) is 0 Å². The molecular weight excluding hydrogens is 187 g/mol. The number of benzene rings is 1. The van der Waals surface area contributed by atoms with Crippen LogP contribution in [0.1, 0.15) is 24.2 Å². The van der Waals surface area contributed by atoms with Crippen LogP contribution >= 0.6 is 0 Å². The second-order valence-electron chi connectivity index (χ2n) is 3.23. The summed E-state index contributed by atoms with van der Waals surface area (Å²) in [5, 5.41) is 9.45. The van der Waals surface area contributed by atoms with Gasteiger partial charge in [0, 0.05) is 5.56 Å². The molecule has 0 radical (unpaired) electrons. The standard InChI is InChI=1S/C10H11FO3/c1-6(12)8-2-7(4-11)3-9-10(8)14-5-13-9/h2-3,6,12H,4-5H2,1H3. The Morgan fingerprint density at radius 1 is 1.50 bits per heavy atom. The molecule has 76 valence electrons. The van der Waals surface area contributed by atoms with E-state index in [0.717, 1.165) is 0 Å². The van der Waals surface area contributed by atoms with E-state index >= 15 is 0 Å². The van der Waals surface area contributed by atoms with Crippen LogP contribution in [0.15, 0.2) is 12.1 Å². The molecule has 0 spiro atoms. The van der Waals surface area contributed by atoms with Crippen LogP contribution in [0.3, 0.4) is 0 Å². The third kappa shape index (κ3) is 1.42. The molecule has 0 saturated heterocycles. The minimum atomic E-state index is -0.683. The molecule has 0 fully saturated rings. The van der Waals surface area contributed by atoms with Crippen LogP contribution in [0.4, 0.5) is 4.39 Å². The predicted octanol–water partition coefficient (Wildman–Crippen LogP) is 1.94. The molecule has 1 aromatic carbocycles. The number of halogens is 1. The van der Waals surface area contributed by atoms with Crippen LogP contribution in [0, 0.1) is 0 Å². The normalized spacial score (nSPS) is 15.6. The van der Waals surface area contributed by atoms with E-state index in [1.165, 1.54) is 0 Å². The van der Waals surface area contributed by atoms with Crippen molar-refractivity contribution in [3.05, 3.63) is 23.3 Å². The van der Waals surface area contributed by atoms with E-state index in [9.17, 15) is 9.50 Å². The summed E-state index contributed by atoms with van der Waals surface area (Å²) in [6, 6.07) is 3.19. The fourth-order valence-corrected chi connectivity index (χ4v) is 1.48. The Bertz CT molecular complexity index is 349. The zero-order valence-electron chi connectivity index (χ0n) is 7.79. The Kier molecular flexibility index (Phi) is 2.29. The summed E-state index contributed by atoms with van der Waals surface area (Å²) in [6.45, 7) is 1.17. The van der Waals surface area contributed by atoms with Crippen molar-refractivity contribution in [3.8, 4) is 11.5 Å². The number of hydrogen-bond acceptors (Lipinski definition) is 3. The van der Waals surface area contributed by atoms with Gasteiger partial charge in [0.05, 0.1) is 6.10 Å². The van der Waals surface area contributed by atoms with Gasteiger partial charge in [-0.05, 0) is 24.6 Å². The number of rotatable bonds is 2. The highest BCUT2D eigenvalue weighted by Gasteiger charge is 2.21. The molecule has 1 unspecified atom stereocenters. The van der Waals surface area contributed by atoms with Crippen molar-refractivity contribution in [2.75, 3.05) is 6.79 Å². The summed E-state index contributed by atoms with van der Waals surface area (Å²) in [5.41, 5.74) is 1.07. The molecule has 3 nitrogen and oxygen atoms in total. The van der Waals surface area contributed by atoms with Gasteiger partial charge in [-0.1, -0.05) is 0 Å². The number of ether oxygens (including phenoxy) is 2. The van der Waals surface area contributed by atoms with Crippen molar-refractivity contribution in [1.29, 1.82) is 0 Å². The van der Waals surface area contributed by atoms with Gasteiger partial charge in [0.2, 0.25) is 6.79 Å². The summed E-state index contributed by atoms with van der Waals surface area (Å²) >= 11 is 0. The molecule has 0 aromatic heterocycles. The number of aliphatic hydroxyl groups excluding tert-OH is 1. The lowest BCUT2D eigenvalue weighted by atomic mass is 10.1. The summed E-state index contributed by atoms with van der Waals surface area (Å²) in [7, 11) is 0. The molecule has 1 heterocycles. The SMILES string of the molecule is CC(O)c1cc(CF)cc2c1OCO2. The first-order valence-corrected chi connectivity index (χ1v) is 4.39. The lowest BCUT2D eigenvalue weighted by Gasteiger charge is -2.09. The molecule has 1 aliphatic heterocycles. The zero-order valence-corrected chi connectivity index (χ0v) is 7.79. The lowest BCUT2D eigenvalue weighted by molar-refractivity contribution is 0.164. The van der Waals surface area contributed by atoms with Gasteiger partial charge < -0.3 is 14.6 Å². The van der Waals surface area contributed by atoms with E-state index in [4.69, 9.17) is 9.47 Å². The molecule has 1 atom stereocenters. The fourth-order valence-electron chi connectivity index (χ4n) is 1.48. The summed E-state index contributed by atoms with van der Waals surface area (Å²) < 4.78 is 22.8. The van der Waals surface area contributed by atoms with E-state index in [1.807, 2.05) is 0 Å². The van der Waals surface area contributed by atoms with Gasteiger partial charge in [-0.2, -0.15) is 0 Å². The molecule has 1 aromatic rings. The number of fused-ring (bicyclic) bond motifs is 1. The van der Waals surface area contributed by atoms with Crippen LogP contribution < -0.4 is 9.47 Å². The van der Waals surface area contributed by atoms with Crippen LogP contribution in [0.2, 0.25) is 0 Å². The van der Waals surface area contributed by atoms with E-state index in [-0.39, 0.29) is 6.79 Å². The van der Waals surface area contributed by atoms with Gasteiger partial charge in [0.15, 0.2) is 11.5 Å². The van der Waals surface area contributed by atoms with Gasteiger partial charge in [-0.25, -0.2) is 4.39 Å². The molecule has 0 saturated carbocycles. The first-order valence-electron chi connectivity index (χ1n) is 4.39. The van der Waals surface area contributed by atoms with Crippen LogP contribution in [-0.4, -0.2) is 11.9 Å². The summed E-state index contributed by atoms with van der Waals surface area (Å²) in [5.74, 6) is 1.04. The Hall–Kier alpha value is -1.29. The van der Waals surface area contributed by atoms with Crippen LogP contribution in [-0.2, 0) is 6.67 Å². The topological polar surface area (TPSA) is 38.7 Å². The van der Waals surface area contributed by atoms with Crippen molar-refractivity contribution in [2.45, 2.75) is 19.7 Å². The minimum absolute atomic E-state index is 0.130. The van der Waals surface area contributed by atoms with Crippen molar-refractivity contribution in [1.82, 2.24) is 0 Å². The van der Waals surface area contributed by atoms with Gasteiger partial charge in [-0.15, -0.1) is 0 Å². The van der Waals surface area contributed by atoms with E-state index < -0.39 is 12.8 Å². The van der Waals surface area contributed by atoms with Crippen molar-refractivity contribution in [3.63, 3.8) is 0 Å². The van der Waals surface area contributed by atoms with Gasteiger partial charge in [0.1, 0.15) is 6.67 Å². The average Bonchev–Trinajstić information content (AvgIpc) is 2.63. The average molecular weight is 198 g/mol. The Labute approximate surface area is 81.1 Å². The van der Waals surface area contributed by atoms with Gasteiger partial charge >= 0.3 is 0 Å². The van der Waals surface area contributed by atoms with E-state index in [0.29, 0.717) is 22.6 Å². The van der Waals surface area contributed by atoms with Crippen molar-refractivity contribution in [2.24, 2.45) is 0 Å². The minimum Gasteiger partial charge on any atom is -0.454 e. The molecule has 0 bridgehead atoms. The molecule has 0 aliphatic carbocycles. The molecule has 0 amide bonds. The molecule has 4 heteroatoms. The molecule has 1 aliphatic rings. The molecule has 1 N–H and O–H groups in total. The monoisotopic (exact) mass is 198 g/mol. The largest absolute Gasteiger partial charge is 0.454 e. The predicted molar refractivity (Wildman–Crippen MR) is 48.0 cm³/mol. The maximum absolute atomic E-state index is 12.5. The number of alkyl halides is 1. The first kappa shape index (κ1) is 9.27. The second kappa shape index (κ2) is 3.46. The third-order valence-corrected chi connectivity index (χ3v) is 2.17. The van der Waals surface area contributed by atoms with Gasteiger partial charge in [0.25, 0.3) is 0 Å². The highest BCUT2D eigenvalue weighted by atomic mass is 19.1. The maximum atomic E-state index is 12.5. The second-order valence-corrected chi connectivity index (χ2v) is 3.23. The van der Waals surface area contributed by atoms with Crippen LogP contribution in [0.25, 0.3) is 0 Å². The summed E-state index contributed by atoms with van der Waals surface area (Å²) in [4.78, 5) is 0. The Morgan fingerprint density at radius 3 is 2.93 bits per heavy atom. The number of aliphatic hydroxyl groups is 1. The first-order chi connectivity index (χ1) is 6.72. The maximum Gasteiger partial charge on any atom is 0.231 e. The Balaban J connectivity index is 2.52. The van der Waals surface area contributed by atoms with Crippen LogP contribution in [0.5, 0.6) is 11.5 Å².